The summed E-state index contributed by atoms with van der Waals surface area (Å²) in [5.41, 5.74) is 0.0366. The van der Waals surface area contributed by atoms with Crippen molar-refractivity contribution < 1.29 is 22.1 Å². The van der Waals surface area contributed by atoms with Gasteiger partial charge in [-0.05, 0) is 18.2 Å². The number of nitrogens with zero attached hydrogens (tertiary/aromatic N) is 3. The Bertz CT molecular complexity index is 1130. The van der Waals surface area contributed by atoms with Crippen molar-refractivity contribution in [2.24, 2.45) is 0 Å². The molecule has 8 nitrogen and oxygen atoms in total. The highest BCUT2D eigenvalue weighted by Gasteiger charge is 2.27. The second-order valence-corrected chi connectivity index (χ2v) is 7.82. The van der Waals surface area contributed by atoms with E-state index in [9.17, 15) is 27.3 Å². The normalized spacial score (nSPS) is 13.1. The average Bonchev–Trinajstić information content (AvgIpc) is 3.06. The van der Waals surface area contributed by atoms with Gasteiger partial charge in [-0.2, -0.15) is 8.78 Å². The van der Waals surface area contributed by atoms with Crippen LogP contribution in [0.15, 0.2) is 53.4 Å². The molecule has 0 amide bonds. The molecule has 0 saturated carbocycles. The van der Waals surface area contributed by atoms with Crippen LogP contribution in [0.3, 0.4) is 0 Å². The molecule has 3 rings (SSSR count). The maximum absolute atomic E-state index is 13.5. The van der Waals surface area contributed by atoms with Crippen molar-refractivity contribution >= 4 is 26.7 Å². The van der Waals surface area contributed by atoms with E-state index in [1.807, 2.05) is 0 Å². The summed E-state index contributed by atoms with van der Waals surface area (Å²) in [7, 11) is -4.22. The summed E-state index contributed by atoms with van der Waals surface area (Å²) in [6.07, 6.45) is 0. The molecular weight excluding hydrogens is 394 g/mol. The molecule has 0 aliphatic rings. The van der Waals surface area contributed by atoms with Gasteiger partial charge in [0.15, 0.2) is 4.90 Å². The average molecular weight is 410 g/mol. The van der Waals surface area contributed by atoms with E-state index in [-0.39, 0.29) is 17.9 Å². The minimum atomic E-state index is -4.22. The van der Waals surface area contributed by atoms with Gasteiger partial charge in [0.2, 0.25) is 10.0 Å². The fourth-order valence-corrected chi connectivity index (χ4v) is 4.16. The number of fused-ring (bicyclic) bond motifs is 1. The maximum atomic E-state index is 13.5. The molecular formula is C17H16F2N4O4S. The molecule has 1 heterocycles. The van der Waals surface area contributed by atoms with Crippen molar-refractivity contribution in [3.8, 4) is 0 Å². The first kappa shape index (κ1) is 19.8. The number of hydrogen-bond donors (Lipinski definition) is 1. The fraction of sp³-hybridized carbons (Fsp3) is 0.235. The third-order valence-corrected chi connectivity index (χ3v) is 5.66. The SMILES string of the molecule is CC(CNS(=O)(=O)c1ccccc1[N+](=O)[O-])c1nc2ccccc2n1C(F)F. The Labute approximate surface area is 159 Å². The third kappa shape index (κ3) is 3.71. The van der Waals surface area contributed by atoms with Crippen molar-refractivity contribution in [2.45, 2.75) is 24.3 Å². The number of benzene rings is 2. The monoisotopic (exact) mass is 410 g/mol. The maximum Gasteiger partial charge on any atom is 0.320 e. The summed E-state index contributed by atoms with van der Waals surface area (Å²) in [5, 5.41) is 11.1. The van der Waals surface area contributed by atoms with E-state index in [1.54, 1.807) is 25.1 Å². The lowest BCUT2D eigenvalue weighted by Crippen LogP contribution is -2.29. The molecule has 1 unspecified atom stereocenters. The molecule has 11 heteroatoms. The summed E-state index contributed by atoms with van der Waals surface area (Å²) in [4.78, 5) is 14.0. The molecule has 0 fully saturated rings. The number of alkyl halides is 2. The molecule has 1 N–H and O–H groups in total. The molecule has 28 heavy (non-hydrogen) atoms. The lowest BCUT2D eigenvalue weighted by molar-refractivity contribution is -0.387. The Morgan fingerprint density at radius 1 is 1.18 bits per heavy atom. The van der Waals surface area contributed by atoms with Gasteiger partial charge in [0.1, 0.15) is 5.82 Å². The highest BCUT2D eigenvalue weighted by molar-refractivity contribution is 7.89. The number of halogens is 2. The largest absolute Gasteiger partial charge is 0.320 e. The minimum Gasteiger partial charge on any atom is -0.270 e. The summed E-state index contributed by atoms with van der Waals surface area (Å²) >= 11 is 0. The Morgan fingerprint density at radius 3 is 2.50 bits per heavy atom. The van der Waals surface area contributed by atoms with Gasteiger partial charge in [-0.1, -0.05) is 31.2 Å². The van der Waals surface area contributed by atoms with Crippen molar-refractivity contribution in [2.75, 3.05) is 6.54 Å². The highest BCUT2D eigenvalue weighted by Crippen LogP contribution is 2.28. The van der Waals surface area contributed by atoms with Crippen LogP contribution in [0.1, 0.15) is 25.2 Å². The minimum absolute atomic E-state index is 0.0152. The standard InChI is InChI=1S/C17H16F2N4O4S/c1-11(16-21-12-6-2-3-7-13(12)22(16)17(18)19)10-20-28(26,27)15-9-5-4-8-14(15)23(24)25/h2-9,11,17,20H,10H2,1H3. The van der Waals surface area contributed by atoms with Crippen LogP contribution in [0, 0.1) is 10.1 Å². The third-order valence-electron chi connectivity index (χ3n) is 4.19. The quantitative estimate of drug-likeness (QED) is 0.474. The first-order valence-corrected chi connectivity index (χ1v) is 9.69. The number of imidazole rings is 1. The first-order valence-electron chi connectivity index (χ1n) is 8.20. The Morgan fingerprint density at radius 2 is 1.82 bits per heavy atom. The van der Waals surface area contributed by atoms with Gasteiger partial charge >= 0.3 is 6.55 Å². The van der Waals surface area contributed by atoms with Gasteiger partial charge in [-0.3, -0.25) is 14.7 Å². The number of para-hydroxylation sites is 3. The van der Waals surface area contributed by atoms with E-state index >= 15 is 0 Å². The van der Waals surface area contributed by atoms with Crippen LogP contribution in [-0.4, -0.2) is 29.4 Å². The molecule has 2 aromatic carbocycles. The lowest BCUT2D eigenvalue weighted by Gasteiger charge is -2.15. The number of nitrogens with one attached hydrogen (secondary N) is 1. The van der Waals surface area contributed by atoms with Crippen LogP contribution in [0.2, 0.25) is 0 Å². The number of sulfonamides is 1. The van der Waals surface area contributed by atoms with Gasteiger partial charge in [-0.25, -0.2) is 18.1 Å². The van der Waals surface area contributed by atoms with E-state index < -0.39 is 38.0 Å². The molecule has 0 aliphatic carbocycles. The van der Waals surface area contributed by atoms with Gasteiger partial charge in [-0.15, -0.1) is 0 Å². The Balaban J connectivity index is 1.89. The second-order valence-electron chi connectivity index (χ2n) is 6.08. The first-order chi connectivity index (χ1) is 13.2. The van der Waals surface area contributed by atoms with Crippen LogP contribution < -0.4 is 4.72 Å². The molecule has 0 aliphatic heterocycles. The number of hydrogen-bond acceptors (Lipinski definition) is 5. The number of nitro groups is 1. The zero-order valence-corrected chi connectivity index (χ0v) is 15.4. The van der Waals surface area contributed by atoms with Crippen molar-refractivity contribution in [1.82, 2.24) is 14.3 Å². The van der Waals surface area contributed by atoms with Crippen LogP contribution in [0.4, 0.5) is 14.5 Å². The molecule has 0 saturated heterocycles. The van der Waals surface area contributed by atoms with Gasteiger partial charge in [0.25, 0.3) is 5.69 Å². The number of rotatable bonds is 7. The van der Waals surface area contributed by atoms with Crippen LogP contribution in [0.25, 0.3) is 11.0 Å². The van der Waals surface area contributed by atoms with Crippen LogP contribution >= 0.6 is 0 Å². The molecule has 1 aromatic heterocycles. The lowest BCUT2D eigenvalue weighted by atomic mass is 10.2. The molecule has 3 aromatic rings. The smallest absolute Gasteiger partial charge is 0.270 e. The summed E-state index contributed by atoms with van der Waals surface area (Å²) in [5.74, 6) is -0.694. The number of nitro benzene ring substituents is 1. The summed E-state index contributed by atoms with van der Waals surface area (Å²) in [6.45, 7) is -1.57. The van der Waals surface area contributed by atoms with Crippen LogP contribution in [-0.2, 0) is 10.0 Å². The zero-order chi connectivity index (χ0) is 20.5. The molecule has 1 atom stereocenters. The van der Waals surface area contributed by atoms with Crippen molar-refractivity contribution in [1.29, 1.82) is 0 Å². The molecule has 0 bridgehead atoms. The number of aromatic nitrogens is 2. The van der Waals surface area contributed by atoms with Crippen molar-refractivity contribution in [3.05, 3.63) is 64.5 Å². The van der Waals surface area contributed by atoms with E-state index in [0.29, 0.717) is 5.52 Å². The second kappa shape index (κ2) is 7.60. The van der Waals surface area contributed by atoms with E-state index in [1.165, 1.54) is 18.2 Å². The molecule has 0 spiro atoms. The van der Waals surface area contributed by atoms with E-state index in [2.05, 4.69) is 9.71 Å². The van der Waals surface area contributed by atoms with E-state index in [0.717, 1.165) is 16.7 Å². The predicted octanol–water partition coefficient (Wildman–Crippen LogP) is 3.42. The van der Waals surface area contributed by atoms with E-state index in [4.69, 9.17) is 0 Å². The molecule has 0 radical (unpaired) electrons. The van der Waals surface area contributed by atoms with Gasteiger partial charge < -0.3 is 0 Å². The molecule has 148 valence electrons. The summed E-state index contributed by atoms with van der Waals surface area (Å²) in [6, 6.07) is 11.3. The Kier molecular flexibility index (Phi) is 5.38. The summed E-state index contributed by atoms with van der Waals surface area (Å²) < 4.78 is 55.1. The Hall–Kier alpha value is -2.92. The van der Waals surface area contributed by atoms with Crippen LogP contribution in [0.5, 0.6) is 0 Å². The van der Waals surface area contributed by atoms with Gasteiger partial charge in [0, 0.05) is 18.5 Å². The van der Waals surface area contributed by atoms with Gasteiger partial charge in [0.05, 0.1) is 16.0 Å². The highest BCUT2D eigenvalue weighted by atomic mass is 32.2. The fourth-order valence-electron chi connectivity index (χ4n) is 2.85. The topological polar surface area (TPSA) is 107 Å². The predicted molar refractivity (Wildman–Crippen MR) is 97.7 cm³/mol. The zero-order valence-electron chi connectivity index (χ0n) is 14.6. The van der Waals surface area contributed by atoms with Crippen molar-refractivity contribution in [3.63, 3.8) is 0 Å².